The van der Waals surface area contributed by atoms with Gasteiger partial charge in [0.15, 0.2) is 0 Å². The first kappa shape index (κ1) is 23.2. The van der Waals surface area contributed by atoms with E-state index in [2.05, 4.69) is 5.32 Å². The summed E-state index contributed by atoms with van der Waals surface area (Å²) in [6, 6.07) is 14.1. The molecule has 33 heavy (non-hydrogen) atoms. The van der Waals surface area contributed by atoms with Gasteiger partial charge in [-0.15, -0.1) is 0 Å². The summed E-state index contributed by atoms with van der Waals surface area (Å²) in [7, 11) is -3.96. The molecule has 1 aliphatic heterocycles. The van der Waals surface area contributed by atoms with Gasteiger partial charge in [-0.25, -0.2) is 12.7 Å². The molecule has 2 aromatic rings. The Morgan fingerprint density at radius 1 is 0.939 bits per heavy atom. The van der Waals surface area contributed by atoms with Gasteiger partial charge in [-0.1, -0.05) is 67.6 Å². The molecule has 4 rings (SSSR count). The second kappa shape index (κ2) is 9.51. The summed E-state index contributed by atoms with van der Waals surface area (Å²) in [5.41, 5.74) is 2.93. The zero-order valence-corrected chi connectivity index (χ0v) is 20.0. The third kappa shape index (κ3) is 4.88. The lowest BCUT2D eigenvalue weighted by Crippen LogP contribution is -2.34. The van der Waals surface area contributed by atoms with Gasteiger partial charge in [-0.2, -0.15) is 0 Å². The van der Waals surface area contributed by atoms with Gasteiger partial charge in [0.25, 0.3) is 21.8 Å². The molecule has 6 nitrogen and oxygen atoms in total. The normalized spacial score (nSPS) is 19.0. The summed E-state index contributed by atoms with van der Waals surface area (Å²) in [6.07, 6.45) is 6.74. The molecule has 0 bridgehead atoms. The van der Waals surface area contributed by atoms with Crippen LogP contribution in [0, 0.1) is 6.92 Å². The van der Waals surface area contributed by atoms with E-state index in [0.29, 0.717) is 16.7 Å². The Balaban J connectivity index is 1.47. The molecular formula is C26H30N2O4S. The molecule has 7 heteroatoms. The minimum Gasteiger partial charge on any atom is -0.349 e. The van der Waals surface area contributed by atoms with Crippen LogP contribution in [0.25, 0.3) is 4.91 Å². The predicted molar refractivity (Wildman–Crippen MR) is 129 cm³/mol. The zero-order chi connectivity index (χ0) is 23.6. The number of nitrogens with zero attached hydrogens (tertiary/aromatic N) is 1. The highest BCUT2D eigenvalue weighted by Crippen LogP contribution is 2.36. The lowest BCUT2D eigenvalue weighted by molar-refractivity contribution is -0.122. The Hall–Kier alpha value is -2.93. The summed E-state index contributed by atoms with van der Waals surface area (Å²) >= 11 is 0. The summed E-state index contributed by atoms with van der Waals surface area (Å²) in [5.74, 6) is -0.627. The molecule has 2 aromatic carbocycles. The minimum atomic E-state index is -3.96. The molecule has 1 heterocycles. The molecule has 1 aliphatic carbocycles. The van der Waals surface area contributed by atoms with Crippen LogP contribution < -0.4 is 5.32 Å². The molecule has 0 spiro atoms. The number of nitrogens with one attached hydrogen (secondary N) is 1. The number of sulfonamides is 1. The van der Waals surface area contributed by atoms with Crippen molar-refractivity contribution in [3.05, 3.63) is 76.4 Å². The molecule has 1 N–H and O–H groups in total. The highest BCUT2D eigenvalue weighted by Gasteiger charge is 2.42. The monoisotopic (exact) mass is 466 g/mol. The third-order valence-corrected chi connectivity index (χ3v) is 8.42. The van der Waals surface area contributed by atoms with Crippen molar-refractivity contribution in [2.24, 2.45) is 0 Å². The smallest absolute Gasteiger partial charge is 0.268 e. The molecule has 2 amide bonds. The number of aryl methyl sites for hydroxylation is 1. The highest BCUT2D eigenvalue weighted by molar-refractivity contribution is 7.99. The van der Waals surface area contributed by atoms with Crippen LogP contribution in [0.2, 0.25) is 0 Å². The zero-order valence-electron chi connectivity index (χ0n) is 19.1. The molecule has 0 unspecified atom stereocenters. The molecule has 1 fully saturated rings. The molecule has 174 valence electrons. The van der Waals surface area contributed by atoms with Crippen molar-refractivity contribution in [2.45, 2.75) is 65.0 Å². The third-order valence-electron chi connectivity index (χ3n) is 6.48. The molecular weight excluding hydrogens is 436 g/mol. The molecule has 2 aliphatic rings. The molecule has 1 saturated carbocycles. The lowest BCUT2D eigenvalue weighted by Gasteiger charge is -2.18. The fourth-order valence-electron chi connectivity index (χ4n) is 4.54. The van der Waals surface area contributed by atoms with E-state index in [4.69, 9.17) is 0 Å². The van der Waals surface area contributed by atoms with Crippen molar-refractivity contribution < 1.29 is 18.0 Å². The van der Waals surface area contributed by atoms with Gasteiger partial charge in [-0.3, -0.25) is 9.59 Å². The average Bonchev–Trinajstić information content (AvgIpc) is 2.98. The van der Waals surface area contributed by atoms with E-state index in [1.54, 1.807) is 43.3 Å². The van der Waals surface area contributed by atoms with Crippen molar-refractivity contribution in [3.63, 3.8) is 0 Å². The van der Waals surface area contributed by atoms with Gasteiger partial charge in [0, 0.05) is 17.2 Å². The van der Waals surface area contributed by atoms with E-state index >= 15 is 0 Å². The van der Waals surface area contributed by atoms with Crippen molar-refractivity contribution >= 4 is 26.7 Å². The second-order valence-electron chi connectivity index (χ2n) is 9.00. The average molecular weight is 467 g/mol. The predicted octanol–water partition coefficient (Wildman–Crippen LogP) is 4.55. The van der Waals surface area contributed by atoms with Gasteiger partial charge in [0.1, 0.15) is 4.91 Å². The number of benzene rings is 2. The second-order valence-corrected chi connectivity index (χ2v) is 10.8. The number of carbonyl (C=O) groups is 2. The van der Waals surface area contributed by atoms with Crippen LogP contribution in [-0.2, 0) is 21.4 Å². The number of carbonyl (C=O) groups excluding carboxylic acids is 2. The van der Waals surface area contributed by atoms with Crippen molar-refractivity contribution in [2.75, 3.05) is 0 Å². The minimum absolute atomic E-state index is 0.0619. The Kier molecular flexibility index (Phi) is 6.70. The van der Waals surface area contributed by atoms with Crippen LogP contribution in [0.1, 0.15) is 72.5 Å². The number of amides is 2. The quantitative estimate of drug-likeness (QED) is 0.655. The van der Waals surface area contributed by atoms with Gasteiger partial charge >= 0.3 is 0 Å². The number of rotatable bonds is 5. The molecule has 0 radical (unpaired) electrons. The molecule has 0 saturated heterocycles. The van der Waals surface area contributed by atoms with E-state index in [0.717, 1.165) is 35.6 Å². The lowest BCUT2D eigenvalue weighted by atomic mass is 10.1. The summed E-state index contributed by atoms with van der Waals surface area (Å²) in [4.78, 5) is 25.5. The Morgan fingerprint density at radius 3 is 2.15 bits per heavy atom. The van der Waals surface area contributed by atoms with Gasteiger partial charge in [-0.05, 0) is 49.9 Å². The van der Waals surface area contributed by atoms with Crippen molar-refractivity contribution in [1.29, 1.82) is 0 Å². The summed E-state index contributed by atoms with van der Waals surface area (Å²) < 4.78 is 27.3. The van der Waals surface area contributed by atoms with Crippen LogP contribution in [0.15, 0.2) is 54.1 Å². The van der Waals surface area contributed by atoms with Crippen LogP contribution >= 0.6 is 0 Å². The van der Waals surface area contributed by atoms with Crippen LogP contribution in [0.4, 0.5) is 0 Å². The first-order valence-corrected chi connectivity index (χ1v) is 13.0. The fraction of sp³-hybridized carbons (Fsp3) is 0.385. The van der Waals surface area contributed by atoms with Crippen LogP contribution in [-0.4, -0.2) is 30.6 Å². The van der Waals surface area contributed by atoms with Gasteiger partial charge in [0.05, 0.1) is 6.54 Å². The first-order chi connectivity index (χ1) is 15.8. The van der Waals surface area contributed by atoms with E-state index in [1.165, 1.54) is 12.8 Å². The van der Waals surface area contributed by atoms with Crippen LogP contribution in [0.3, 0.4) is 0 Å². The maximum absolute atomic E-state index is 13.2. The van der Waals surface area contributed by atoms with Gasteiger partial charge in [0.2, 0.25) is 0 Å². The van der Waals surface area contributed by atoms with Crippen molar-refractivity contribution in [3.8, 4) is 0 Å². The molecule has 0 atom stereocenters. The number of hydrogen-bond donors (Lipinski definition) is 1. The summed E-state index contributed by atoms with van der Waals surface area (Å²) in [5, 5.41) is 3.12. The number of hydrogen-bond acceptors (Lipinski definition) is 4. The first-order valence-electron chi connectivity index (χ1n) is 11.5. The maximum Gasteiger partial charge on any atom is 0.268 e. The molecule has 0 aromatic heterocycles. The standard InChI is InChI=1S/C26H30N2O4S/c1-18-9-13-21(14-10-18)24-19(2)26(30)28(33(24,31)32)17-20-11-15-22(16-12-20)25(29)27-23-7-5-3-4-6-8-23/h9-16,23H,3-8,17H2,1-2H3,(H,27,29). The van der Waals surface area contributed by atoms with E-state index in [9.17, 15) is 18.0 Å². The Bertz CT molecular complexity index is 1170. The van der Waals surface area contributed by atoms with E-state index in [-0.39, 0.29) is 29.0 Å². The van der Waals surface area contributed by atoms with Gasteiger partial charge < -0.3 is 5.32 Å². The highest BCUT2D eigenvalue weighted by atomic mass is 32.2. The Labute approximate surface area is 195 Å². The van der Waals surface area contributed by atoms with E-state index in [1.807, 2.05) is 19.1 Å². The summed E-state index contributed by atoms with van der Waals surface area (Å²) in [6.45, 7) is 3.40. The van der Waals surface area contributed by atoms with Crippen LogP contribution in [0.5, 0.6) is 0 Å². The topological polar surface area (TPSA) is 83.6 Å². The largest absolute Gasteiger partial charge is 0.349 e. The fourth-order valence-corrected chi connectivity index (χ4v) is 6.35. The Morgan fingerprint density at radius 2 is 1.55 bits per heavy atom. The van der Waals surface area contributed by atoms with Crippen molar-refractivity contribution in [1.82, 2.24) is 9.62 Å². The van der Waals surface area contributed by atoms with E-state index < -0.39 is 15.9 Å². The maximum atomic E-state index is 13.2. The SMILES string of the molecule is CC1=C(c2ccc(C)cc2)S(=O)(=O)N(Cc2ccc(C(=O)NC3CCCCCC3)cc2)C1=O.